The van der Waals surface area contributed by atoms with E-state index in [1.54, 1.807) is 12.1 Å². The lowest BCUT2D eigenvalue weighted by atomic mass is 9.99. The summed E-state index contributed by atoms with van der Waals surface area (Å²) in [5.41, 5.74) is 1.67. The fourth-order valence-electron chi connectivity index (χ4n) is 1.50. The van der Waals surface area contributed by atoms with Gasteiger partial charge in [-0.2, -0.15) is 11.8 Å². The van der Waals surface area contributed by atoms with Crippen LogP contribution in [0.15, 0.2) is 24.3 Å². The van der Waals surface area contributed by atoms with Gasteiger partial charge in [0, 0.05) is 17.7 Å². The van der Waals surface area contributed by atoms with Crippen LogP contribution in [0.3, 0.4) is 0 Å². The minimum Gasteiger partial charge on any atom is -0.481 e. The maximum Gasteiger partial charge on any atom is 0.307 e. The van der Waals surface area contributed by atoms with Crippen LogP contribution in [0.1, 0.15) is 22.3 Å². The SMILES string of the molecule is CSC[C@H](CC(=O)c1ccc(C)cc1)C(=O)O. The van der Waals surface area contributed by atoms with E-state index < -0.39 is 11.9 Å². The zero-order valence-corrected chi connectivity index (χ0v) is 10.8. The second kappa shape index (κ2) is 6.45. The fourth-order valence-corrected chi connectivity index (χ4v) is 2.16. The van der Waals surface area contributed by atoms with Crippen molar-refractivity contribution in [1.29, 1.82) is 0 Å². The Kier molecular flexibility index (Phi) is 5.22. The molecule has 3 nitrogen and oxygen atoms in total. The van der Waals surface area contributed by atoms with E-state index in [0.29, 0.717) is 11.3 Å². The predicted molar refractivity (Wildman–Crippen MR) is 69.6 cm³/mol. The van der Waals surface area contributed by atoms with Crippen molar-refractivity contribution in [3.05, 3.63) is 35.4 Å². The number of rotatable bonds is 6. The molecule has 0 fully saturated rings. The Bertz CT molecular complexity index is 398. The number of Topliss-reactive ketones (excluding diaryl/α,β-unsaturated/α-hetero) is 1. The number of aliphatic carboxylic acids is 1. The normalized spacial score (nSPS) is 12.1. The summed E-state index contributed by atoms with van der Waals surface area (Å²) in [4.78, 5) is 22.8. The first-order valence-corrected chi connectivity index (χ1v) is 6.75. The molecule has 0 saturated heterocycles. The largest absolute Gasteiger partial charge is 0.481 e. The van der Waals surface area contributed by atoms with Crippen LogP contribution in [0.25, 0.3) is 0 Å². The third-order valence-electron chi connectivity index (χ3n) is 2.52. The lowest BCUT2D eigenvalue weighted by molar-refractivity contribution is -0.140. The quantitative estimate of drug-likeness (QED) is 0.791. The first-order valence-electron chi connectivity index (χ1n) is 5.36. The van der Waals surface area contributed by atoms with E-state index in [0.717, 1.165) is 5.56 Å². The first kappa shape index (κ1) is 13.8. The lowest BCUT2D eigenvalue weighted by Crippen LogP contribution is -2.20. The van der Waals surface area contributed by atoms with Crippen LogP contribution in [-0.2, 0) is 4.79 Å². The molecule has 0 bridgehead atoms. The number of aryl methyl sites for hydroxylation is 1. The van der Waals surface area contributed by atoms with E-state index in [4.69, 9.17) is 5.11 Å². The molecule has 0 heterocycles. The van der Waals surface area contributed by atoms with Gasteiger partial charge in [0.05, 0.1) is 5.92 Å². The molecular formula is C13H16O3S. The standard InChI is InChI=1S/C13H16O3S/c1-9-3-5-10(6-4-9)12(14)7-11(8-17-2)13(15)16/h3-6,11H,7-8H2,1-2H3,(H,15,16)/t11-/m0/s1. The van der Waals surface area contributed by atoms with E-state index >= 15 is 0 Å². The van der Waals surface area contributed by atoms with Crippen LogP contribution >= 0.6 is 11.8 Å². The highest BCUT2D eigenvalue weighted by molar-refractivity contribution is 7.98. The smallest absolute Gasteiger partial charge is 0.307 e. The topological polar surface area (TPSA) is 54.4 Å². The average Bonchev–Trinajstić information content (AvgIpc) is 2.29. The van der Waals surface area contributed by atoms with Gasteiger partial charge < -0.3 is 5.11 Å². The molecule has 0 amide bonds. The maximum atomic E-state index is 11.9. The summed E-state index contributed by atoms with van der Waals surface area (Å²) >= 11 is 1.44. The molecule has 1 aromatic carbocycles. The summed E-state index contributed by atoms with van der Waals surface area (Å²) in [6.45, 7) is 1.95. The van der Waals surface area contributed by atoms with Gasteiger partial charge in [0.25, 0.3) is 0 Å². The molecule has 0 saturated carbocycles. The van der Waals surface area contributed by atoms with E-state index in [2.05, 4.69) is 0 Å². The van der Waals surface area contributed by atoms with Crippen molar-refractivity contribution in [3.8, 4) is 0 Å². The number of carboxylic acid groups (broad SMARTS) is 1. The van der Waals surface area contributed by atoms with E-state index in [9.17, 15) is 9.59 Å². The number of benzene rings is 1. The van der Waals surface area contributed by atoms with Gasteiger partial charge in [0.15, 0.2) is 5.78 Å². The molecule has 1 rings (SSSR count). The summed E-state index contributed by atoms with van der Waals surface area (Å²) in [7, 11) is 0. The number of carboxylic acids is 1. The Morgan fingerprint density at radius 1 is 1.29 bits per heavy atom. The van der Waals surface area contributed by atoms with Gasteiger partial charge in [-0.05, 0) is 13.2 Å². The Hall–Kier alpha value is -1.29. The molecule has 0 aliphatic rings. The van der Waals surface area contributed by atoms with Crippen LogP contribution in [0.5, 0.6) is 0 Å². The number of hydrogen-bond donors (Lipinski definition) is 1. The summed E-state index contributed by atoms with van der Waals surface area (Å²) in [5.74, 6) is -1.14. The van der Waals surface area contributed by atoms with Crippen LogP contribution in [0.4, 0.5) is 0 Å². The van der Waals surface area contributed by atoms with Gasteiger partial charge in [-0.15, -0.1) is 0 Å². The minimum absolute atomic E-state index is 0.0687. The van der Waals surface area contributed by atoms with Gasteiger partial charge in [-0.25, -0.2) is 0 Å². The lowest BCUT2D eigenvalue weighted by Gasteiger charge is -2.09. The highest BCUT2D eigenvalue weighted by atomic mass is 32.2. The molecule has 0 spiro atoms. The zero-order chi connectivity index (χ0) is 12.8. The summed E-state index contributed by atoms with van der Waals surface area (Å²) in [5, 5.41) is 8.98. The van der Waals surface area contributed by atoms with Crippen molar-refractivity contribution in [2.45, 2.75) is 13.3 Å². The monoisotopic (exact) mass is 252 g/mol. The first-order chi connectivity index (χ1) is 8.04. The Morgan fingerprint density at radius 3 is 2.35 bits per heavy atom. The molecule has 0 aliphatic carbocycles. The average molecular weight is 252 g/mol. The molecule has 0 radical (unpaired) electrons. The van der Waals surface area contributed by atoms with Crippen molar-refractivity contribution in [2.75, 3.05) is 12.0 Å². The van der Waals surface area contributed by atoms with Gasteiger partial charge in [0.1, 0.15) is 0 Å². The summed E-state index contributed by atoms with van der Waals surface area (Å²) < 4.78 is 0. The Labute approximate surface area is 105 Å². The van der Waals surface area contributed by atoms with E-state index in [-0.39, 0.29) is 12.2 Å². The highest BCUT2D eigenvalue weighted by Gasteiger charge is 2.21. The third kappa shape index (κ3) is 4.23. The molecule has 92 valence electrons. The van der Waals surface area contributed by atoms with Gasteiger partial charge in [-0.1, -0.05) is 29.8 Å². The maximum absolute atomic E-state index is 11.9. The van der Waals surface area contributed by atoms with E-state index in [1.165, 1.54) is 11.8 Å². The summed E-state index contributed by atoms with van der Waals surface area (Å²) in [6, 6.07) is 7.21. The minimum atomic E-state index is -0.903. The molecular weight excluding hydrogens is 236 g/mol. The second-order valence-corrected chi connectivity index (χ2v) is 4.89. The number of ketones is 1. The highest BCUT2D eigenvalue weighted by Crippen LogP contribution is 2.15. The van der Waals surface area contributed by atoms with Crippen LogP contribution in [-0.4, -0.2) is 28.9 Å². The van der Waals surface area contributed by atoms with Crippen molar-refractivity contribution in [3.63, 3.8) is 0 Å². The zero-order valence-electron chi connectivity index (χ0n) is 9.97. The third-order valence-corrected chi connectivity index (χ3v) is 3.26. The van der Waals surface area contributed by atoms with Crippen molar-refractivity contribution < 1.29 is 14.7 Å². The van der Waals surface area contributed by atoms with Gasteiger partial charge in [-0.3, -0.25) is 9.59 Å². The molecule has 17 heavy (non-hydrogen) atoms. The van der Waals surface area contributed by atoms with Gasteiger partial charge in [0.2, 0.25) is 0 Å². The van der Waals surface area contributed by atoms with Crippen molar-refractivity contribution >= 4 is 23.5 Å². The molecule has 0 aromatic heterocycles. The molecule has 0 aliphatic heterocycles. The Morgan fingerprint density at radius 2 is 1.88 bits per heavy atom. The van der Waals surface area contributed by atoms with Crippen LogP contribution < -0.4 is 0 Å². The molecule has 1 aromatic rings. The molecule has 0 unspecified atom stereocenters. The predicted octanol–water partition coefficient (Wildman–Crippen LogP) is 2.63. The molecule has 1 atom stereocenters. The van der Waals surface area contributed by atoms with Crippen LogP contribution in [0.2, 0.25) is 0 Å². The second-order valence-electron chi connectivity index (χ2n) is 3.98. The Balaban J connectivity index is 2.70. The van der Waals surface area contributed by atoms with Crippen molar-refractivity contribution in [2.24, 2.45) is 5.92 Å². The number of carbonyl (C=O) groups is 2. The van der Waals surface area contributed by atoms with Crippen LogP contribution in [0, 0.1) is 12.8 Å². The number of carbonyl (C=O) groups excluding carboxylic acids is 1. The van der Waals surface area contributed by atoms with Crippen molar-refractivity contribution in [1.82, 2.24) is 0 Å². The van der Waals surface area contributed by atoms with E-state index in [1.807, 2.05) is 25.3 Å². The molecule has 4 heteroatoms. The van der Waals surface area contributed by atoms with Gasteiger partial charge >= 0.3 is 5.97 Å². The molecule has 1 N–H and O–H groups in total. The summed E-state index contributed by atoms with van der Waals surface area (Å²) in [6.07, 6.45) is 1.91. The fraction of sp³-hybridized carbons (Fsp3) is 0.385. The number of hydrogen-bond acceptors (Lipinski definition) is 3. The number of thioether (sulfide) groups is 1.